The zero-order valence-electron chi connectivity index (χ0n) is 14.9. The van der Waals surface area contributed by atoms with Gasteiger partial charge in [0.2, 0.25) is 0 Å². The molecule has 0 aliphatic rings. The molecule has 2 rings (SSSR count). The fourth-order valence-electron chi connectivity index (χ4n) is 2.02. The molecule has 0 aliphatic carbocycles. The third-order valence-corrected chi connectivity index (χ3v) is 5.31. The van der Waals surface area contributed by atoms with Crippen LogP contribution in [0.5, 0.6) is 0 Å². The SMILES string of the molecule is C#Cc1ccc(C#Cc2ccc(C(=O)OCC[Si](C)(C)C)cc2)cc1. The van der Waals surface area contributed by atoms with Gasteiger partial charge in [-0.15, -0.1) is 6.42 Å². The van der Waals surface area contributed by atoms with Gasteiger partial charge in [-0.25, -0.2) is 4.79 Å². The summed E-state index contributed by atoms with van der Waals surface area (Å²) in [5.41, 5.74) is 3.13. The van der Waals surface area contributed by atoms with Crippen LogP contribution in [0, 0.1) is 24.2 Å². The molecule has 2 aromatic carbocycles. The maximum absolute atomic E-state index is 12.0. The van der Waals surface area contributed by atoms with Gasteiger partial charge in [-0.2, -0.15) is 0 Å². The maximum atomic E-state index is 12.0. The Morgan fingerprint density at radius 3 is 1.88 bits per heavy atom. The number of ether oxygens (including phenoxy) is 1. The van der Waals surface area contributed by atoms with Crippen LogP contribution in [0.4, 0.5) is 0 Å². The van der Waals surface area contributed by atoms with E-state index in [1.807, 2.05) is 36.4 Å². The number of esters is 1. The van der Waals surface area contributed by atoms with Gasteiger partial charge in [-0.3, -0.25) is 0 Å². The highest BCUT2D eigenvalue weighted by Gasteiger charge is 2.14. The molecule has 0 fully saturated rings. The molecule has 2 nitrogen and oxygen atoms in total. The van der Waals surface area contributed by atoms with Crippen LogP contribution in [-0.4, -0.2) is 20.7 Å². The van der Waals surface area contributed by atoms with Crippen molar-refractivity contribution >= 4 is 14.0 Å². The molecule has 3 heteroatoms. The number of benzene rings is 2. The predicted molar refractivity (Wildman–Crippen MR) is 105 cm³/mol. The lowest BCUT2D eigenvalue weighted by Crippen LogP contribution is -2.22. The second-order valence-electron chi connectivity index (χ2n) is 7.00. The molecule has 0 aliphatic heterocycles. The van der Waals surface area contributed by atoms with Crippen molar-refractivity contribution in [3.8, 4) is 24.2 Å². The highest BCUT2D eigenvalue weighted by Crippen LogP contribution is 2.10. The molecule has 0 atom stereocenters. The van der Waals surface area contributed by atoms with Gasteiger partial charge in [0.05, 0.1) is 12.2 Å². The Hall–Kier alpha value is -2.75. The van der Waals surface area contributed by atoms with E-state index in [-0.39, 0.29) is 5.97 Å². The summed E-state index contributed by atoms with van der Waals surface area (Å²) in [5, 5.41) is 0. The van der Waals surface area contributed by atoms with Crippen LogP contribution in [0.25, 0.3) is 0 Å². The van der Waals surface area contributed by atoms with Crippen molar-refractivity contribution in [3.63, 3.8) is 0 Å². The van der Waals surface area contributed by atoms with Crippen molar-refractivity contribution < 1.29 is 9.53 Å². The van der Waals surface area contributed by atoms with Crippen molar-refractivity contribution in [1.29, 1.82) is 0 Å². The summed E-state index contributed by atoms with van der Waals surface area (Å²) >= 11 is 0. The maximum Gasteiger partial charge on any atom is 0.338 e. The van der Waals surface area contributed by atoms with Crippen LogP contribution in [0.2, 0.25) is 25.7 Å². The Kier molecular flexibility index (Phi) is 6.23. The Morgan fingerprint density at radius 1 is 0.920 bits per heavy atom. The highest BCUT2D eigenvalue weighted by molar-refractivity contribution is 6.76. The topological polar surface area (TPSA) is 26.3 Å². The number of carbonyl (C=O) groups is 1. The summed E-state index contributed by atoms with van der Waals surface area (Å²) < 4.78 is 5.34. The van der Waals surface area contributed by atoms with Crippen molar-refractivity contribution in [2.75, 3.05) is 6.61 Å². The summed E-state index contributed by atoms with van der Waals surface area (Å²) in [5.74, 6) is 8.46. The molecule has 126 valence electrons. The minimum atomic E-state index is -1.19. The molecule has 0 unspecified atom stereocenters. The van der Waals surface area contributed by atoms with E-state index in [0.29, 0.717) is 12.2 Å². The summed E-state index contributed by atoms with van der Waals surface area (Å²) in [6, 6.07) is 15.7. The molecule has 2 aromatic rings. The minimum absolute atomic E-state index is 0.275. The van der Waals surface area contributed by atoms with E-state index in [1.165, 1.54) is 0 Å². The molecule has 0 aromatic heterocycles. The third-order valence-electron chi connectivity index (χ3n) is 3.61. The van der Waals surface area contributed by atoms with E-state index >= 15 is 0 Å². The average Bonchev–Trinajstić information content (AvgIpc) is 2.59. The number of hydrogen-bond donors (Lipinski definition) is 0. The van der Waals surface area contributed by atoms with Crippen LogP contribution >= 0.6 is 0 Å². The van der Waals surface area contributed by atoms with E-state index in [2.05, 4.69) is 37.4 Å². The first-order chi connectivity index (χ1) is 11.9. The fraction of sp³-hybridized carbons (Fsp3) is 0.227. The molecule has 0 bridgehead atoms. The van der Waals surface area contributed by atoms with Crippen molar-refractivity contribution in [2.24, 2.45) is 0 Å². The van der Waals surface area contributed by atoms with Crippen LogP contribution in [0.3, 0.4) is 0 Å². The van der Waals surface area contributed by atoms with Gasteiger partial charge in [0, 0.05) is 24.8 Å². The molecule has 0 radical (unpaired) electrons. The van der Waals surface area contributed by atoms with Crippen molar-refractivity contribution in [1.82, 2.24) is 0 Å². The van der Waals surface area contributed by atoms with Gasteiger partial charge in [0.1, 0.15) is 0 Å². The predicted octanol–water partition coefficient (Wildman–Crippen LogP) is 4.56. The summed E-state index contributed by atoms with van der Waals surface area (Å²) in [4.78, 5) is 12.0. The fourth-order valence-corrected chi connectivity index (χ4v) is 2.73. The largest absolute Gasteiger partial charge is 0.462 e. The van der Waals surface area contributed by atoms with E-state index < -0.39 is 8.07 Å². The number of rotatable bonds is 4. The molecule has 0 spiro atoms. The highest BCUT2D eigenvalue weighted by atomic mass is 28.3. The molecule has 0 heterocycles. The third kappa shape index (κ3) is 6.34. The molecule has 0 N–H and O–H groups in total. The lowest BCUT2D eigenvalue weighted by molar-refractivity contribution is 0.0525. The molecular formula is C22H22O2Si. The lowest BCUT2D eigenvalue weighted by Gasteiger charge is -2.15. The first-order valence-corrected chi connectivity index (χ1v) is 11.9. The summed E-state index contributed by atoms with van der Waals surface area (Å²) in [6.45, 7) is 7.26. The van der Waals surface area contributed by atoms with Gasteiger partial charge in [-0.1, -0.05) is 37.4 Å². The van der Waals surface area contributed by atoms with Gasteiger partial charge in [0.15, 0.2) is 0 Å². The van der Waals surface area contributed by atoms with Crippen LogP contribution in [0.15, 0.2) is 48.5 Å². The van der Waals surface area contributed by atoms with E-state index in [0.717, 1.165) is 22.7 Å². The molecule has 0 amide bonds. The first-order valence-electron chi connectivity index (χ1n) is 8.23. The smallest absolute Gasteiger partial charge is 0.338 e. The van der Waals surface area contributed by atoms with E-state index in [4.69, 9.17) is 11.2 Å². The minimum Gasteiger partial charge on any atom is -0.462 e. The van der Waals surface area contributed by atoms with E-state index in [9.17, 15) is 4.79 Å². The summed E-state index contributed by atoms with van der Waals surface area (Å²) in [6.07, 6.45) is 5.33. The molecule has 0 saturated heterocycles. The van der Waals surface area contributed by atoms with Gasteiger partial charge in [0.25, 0.3) is 0 Å². The lowest BCUT2D eigenvalue weighted by atomic mass is 10.1. The van der Waals surface area contributed by atoms with Gasteiger partial charge < -0.3 is 4.74 Å². The van der Waals surface area contributed by atoms with Crippen molar-refractivity contribution in [2.45, 2.75) is 25.7 Å². The first kappa shape index (κ1) is 18.6. The zero-order chi connectivity index (χ0) is 18.3. The monoisotopic (exact) mass is 346 g/mol. The van der Waals surface area contributed by atoms with Crippen LogP contribution in [-0.2, 0) is 4.74 Å². The van der Waals surface area contributed by atoms with Crippen molar-refractivity contribution in [3.05, 3.63) is 70.8 Å². The van der Waals surface area contributed by atoms with Gasteiger partial charge in [-0.05, 0) is 54.6 Å². The average molecular weight is 347 g/mol. The number of hydrogen-bond acceptors (Lipinski definition) is 2. The standard InChI is InChI=1S/C22H22O2Si/c1-5-18-6-8-19(9-7-18)10-11-20-12-14-21(15-13-20)22(23)24-16-17-25(2,3)4/h1,6-9,12-15H,16-17H2,2-4H3. The summed E-state index contributed by atoms with van der Waals surface area (Å²) in [7, 11) is -1.19. The number of carbonyl (C=O) groups excluding carboxylic acids is 1. The second kappa shape index (κ2) is 8.38. The van der Waals surface area contributed by atoms with Gasteiger partial charge >= 0.3 is 5.97 Å². The van der Waals surface area contributed by atoms with Crippen LogP contribution < -0.4 is 0 Å². The Morgan fingerprint density at radius 2 is 1.40 bits per heavy atom. The number of terminal acetylenes is 1. The Balaban J connectivity index is 1.96. The second-order valence-corrected chi connectivity index (χ2v) is 12.6. The Bertz CT molecular complexity index is 823. The normalized spacial score (nSPS) is 10.3. The molecule has 0 saturated carbocycles. The quantitative estimate of drug-likeness (QED) is 0.461. The molecule has 25 heavy (non-hydrogen) atoms. The zero-order valence-corrected chi connectivity index (χ0v) is 15.9. The Labute approximate surface area is 151 Å². The van der Waals surface area contributed by atoms with E-state index in [1.54, 1.807) is 12.1 Å². The molecular weight excluding hydrogens is 324 g/mol. The van der Waals surface area contributed by atoms with Crippen LogP contribution in [0.1, 0.15) is 27.0 Å².